The summed E-state index contributed by atoms with van der Waals surface area (Å²) in [4.78, 5) is 11.6. The van der Waals surface area contributed by atoms with E-state index < -0.39 is 5.91 Å². The normalized spacial score (nSPS) is 14.5. The van der Waals surface area contributed by atoms with Crippen molar-refractivity contribution in [2.75, 3.05) is 7.11 Å². The summed E-state index contributed by atoms with van der Waals surface area (Å²) in [6.45, 7) is 0. The summed E-state index contributed by atoms with van der Waals surface area (Å²) in [6.07, 6.45) is 4.64. The molecule has 1 aliphatic carbocycles. The fourth-order valence-electron chi connectivity index (χ4n) is 3.12. The monoisotopic (exact) mass is 379 g/mol. The molecule has 2 N–H and O–H groups in total. The molecule has 0 aromatic heterocycles. The Bertz CT molecular complexity index is 801. The van der Waals surface area contributed by atoms with Gasteiger partial charge in [-0.15, -0.1) is 0 Å². The molecular formula is C19H19Cl2NO3. The second-order valence-corrected chi connectivity index (χ2v) is 6.82. The number of methoxy groups -OCH3 is 1. The van der Waals surface area contributed by atoms with Crippen LogP contribution in [0.4, 0.5) is 0 Å². The van der Waals surface area contributed by atoms with Gasteiger partial charge < -0.3 is 15.2 Å². The van der Waals surface area contributed by atoms with Crippen LogP contribution in [-0.2, 0) is 0 Å². The first-order chi connectivity index (χ1) is 12.0. The fourth-order valence-corrected chi connectivity index (χ4v) is 3.79. The van der Waals surface area contributed by atoms with Gasteiger partial charge in [-0.25, -0.2) is 0 Å². The van der Waals surface area contributed by atoms with E-state index in [-0.39, 0.29) is 21.7 Å². The van der Waals surface area contributed by atoms with Crippen LogP contribution in [0.3, 0.4) is 0 Å². The van der Waals surface area contributed by atoms with Gasteiger partial charge in [0, 0.05) is 5.56 Å². The predicted molar refractivity (Wildman–Crippen MR) is 99.9 cm³/mol. The van der Waals surface area contributed by atoms with Crippen molar-refractivity contribution < 1.29 is 14.3 Å². The molecule has 3 rings (SSSR count). The summed E-state index contributed by atoms with van der Waals surface area (Å²) in [5.41, 5.74) is 6.98. The average molecular weight is 380 g/mol. The molecule has 0 radical (unpaired) electrons. The molecule has 2 aromatic rings. The number of benzene rings is 2. The molecule has 25 heavy (non-hydrogen) atoms. The highest BCUT2D eigenvalue weighted by molar-refractivity contribution is 6.41. The summed E-state index contributed by atoms with van der Waals surface area (Å²) < 4.78 is 11.5. The third-order valence-corrected chi connectivity index (χ3v) is 5.12. The third-order valence-electron chi connectivity index (χ3n) is 4.41. The topological polar surface area (TPSA) is 61.5 Å². The zero-order valence-corrected chi connectivity index (χ0v) is 15.4. The van der Waals surface area contributed by atoms with Gasteiger partial charge >= 0.3 is 0 Å². The summed E-state index contributed by atoms with van der Waals surface area (Å²) in [6, 6.07) is 8.94. The number of halogens is 2. The quantitative estimate of drug-likeness (QED) is 0.786. The largest absolute Gasteiger partial charge is 0.493 e. The van der Waals surface area contributed by atoms with Crippen molar-refractivity contribution in [2.45, 2.75) is 31.8 Å². The number of rotatable bonds is 5. The lowest BCUT2D eigenvalue weighted by Gasteiger charge is -2.17. The Morgan fingerprint density at radius 1 is 1.12 bits per heavy atom. The standard InChI is InChI=1S/C19H19Cl2NO3/c1-24-15-9-6-11(10-16(15)25-12-4-2-3-5-12)13-7-8-14(20)17(18(13)21)19(22)23/h6-10,12H,2-5H2,1H3,(H2,22,23). The maximum Gasteiger partial charge on any atom is 0.251 e. The molecule has 1 amide bonds. The number of amides is 1. The van der Waals surface area contributed by atoms with Gasteiger partial charge in [0.05, 0.1) is 28.8 Å². The minimum atomic E-state index is -0.659. The Morgan fingerprint density at radius 2 is 1.84 bits per heavy atom. The number of carbonyl (C=O) groups is 1. The summed E-state index contributed by atoms with van der Waals surface area (Å²) in [7, 11) is 1.61. The third kappa shape index (κ3) is 3.70. The van der Waals surface area contributed by atoms with Crippen LogP contribution in [0.1, 0.15) is 36.0 Å². The highest BCUT2D eigenvalue weighted by atomic mass is 35.5. The molecule has 4 nitrogen and oxygen atoms in total. The lowest BCUT2D eigenvalue weighted by atomic mass is 10.0. The van der Waals surface area contributed by atoms with Crippen molar-refractivity contribution in [1.82, 2.24) is 0 Å². The van der Waals surface area contributed by atoms with Crippen LogP contribution in [0.15, 0.2) is 30.3 Å². The number of hydrogen-bond acceptors (Lipinski definition) is 3. The van der Waals surface area contributed by atoms with Crippen LogP contribution >= 0.6 is 23.2 Å². The van der Waals surface area contributed by atoms with Crippen molar-refractivity contribution in [1.29, 1.82) is 0 Å². The summed E-state index contributed by atoms with van der Waals surface area (Å²) in [5.74, 6) is 0.669. The van der Waals surface area contributed by atoms with E-state index in [1.165, 1.54) is 12.8 Å². The SMILES string of the molecule is COc1ccc(-c2ccc(Cl)c(C(N)=O)c2Cl)cc1OC1CCCC1. The first-order valence-corrected chi connectivity index (χ1v) is 8.89. The second-order valence-electron chi connectivity index (χ2n) is 6.04. The molecule has 132 valence electrons. The molecule has 0 bridgehead atoms. The van der Waals surface area contributed by atoms with E-state index in [4.69, 9.17) is 38.4 Å². The van der Waals surface area contributed by atoms with Gasteiger partial charge in [-0.3, -0.25) is 4.79 Å². The van der Waals surface area contributed by atoms with Crippen LogP contribution in [0, 0.1) is 0 Å². The van der Waals surface area contributed by atoms with Crippen LogP contribution in [0.25, 0.3) is 11.1 Å². The Labute approximate surface area is 156 Å². The molecule has 0 saturated heterocycles. The minimum Gasteiger partial charge on any atom is -0.493 e. The molecule has 0 atom stereocenters. The zero-order valence-electron chi connectivity index (χ0n) is 13.9. The summed E-state index contributed by atoms with van der Waals surface area (Å²) >= 11 is 12.4. The van der Waals surface area contributed by atoms with Crippen molar-refractivity contribution in [3.8, 4) is 22.6 Å². The van der Waals surface area contributed by atoms with Crippen LogP contribution < -0.4 is 15.2 Å². The van der Waals surface area contributed by atoms with Gasteiger partial charge in [-0.2, -0.15) is 0 Å². The predicted octanol–water partition coefficient (Wildman–Crippen LogP) is 5.09. The maximum atomic E-state index is 11.6. The molecule has 0 spiro atoms. The van der Waals surface area contributed by atoms with E-state index in [9.17, 15) is 4.79 Å². The average Bonchev–Trinajstić information content (AvgIpc) is 3.07. The van der Waals surface area contributed by atoms with E-state index in [2.05, 4.69) is 0 Å². The number of carbonyl (C=O) groups excluding carboxylic acids is 1. The molecule has 1 saturated carbocycles. The Hall–Kier alpha value is -1.91. The first-order valence-electron chi connectivity index (χ1n) is 8.14. The highest BCUT2D eigenvalue weighted by Gasteiger charge is 2.20. The zero-order chi connectivity index (χ0) is 18.0. The van der Waals surface area contributed by atoms with E-state index in [1.807, 2.05) is 18.2 Å². The first kappa shape index (κ1) is 17.9. The van der Waals surface area contributed by atoms with Crippen LogP contribution in [0.2, 0.25) is 10.0 Å². The lowest BCUT2D eigenvalue weighted by molar-refractivity contribution is 0.100. The number of primary amides is 1. The Kier molecular flexibility index (Phi) is 5.40. The van der Waals surface area contributed by atoms with Crippen molar-refractivity contribution in [2.24, 2.45) is 5.73 Å². The second kappa shape index (κ2) is 7.54. The summed E-state index contributed by atoms with van der Waals surface area (Å²) in [5, 5.41) is 0.467. The minimum absolute atomic E-state index is 0.120. The maximum absolute atomic E-state index is 11.6. The molecule has 2 aromatic carbocycles. The van der Waals surface area contributed by atoms with E-state index >= 15 is 0 Å². The Balaban J connectivity index is 2.03. The van der Waals surface area contributed by atoms with Gasteiger partial charge in [0.25, 0.3) is 5.91 Å². The van der Waals surface area contributed by atoms with Gasteiger partial charge in [0.1, 0.15) is 0 Å². The van der Waals surface area contributed by atoms with Gasteiger partial charge in [0.15, 0.2) is 11.5 Å². The van der Waals surface area contributed by atoms with E-state index in [1.54, 1.807) is 19.2 Å². The van der Waals surface area contributed by atoms with E-state index in [0.717, 1.165) is 18.4 Å². The number of nitrogens with two attached hydrogens (primary N) is 1. The molecule has 0 aliphatic heterocycles. The molecule has 1 fully saturated rings. The molecule has 1 aliphatic rings. The smallest absolute Gasteiger partial charge is 0.251 e. The lowest BCUT2D eigenvalue weighted by Crippen LogP contribution is -2.13. The number of hydrogen-bond donors (Lipinski definition) is 1. The molecular weight excluding hydrogens is 361 g/mol. The van der Waals surface area contributed by atoms with Crippen molar-refractivity contribution >= 4 is 29.1 Å². The van der Waals surface area contributed by atoms with Crippen LogP contribution in [0.5, 0.6) is 11.5 Å². The Morgan fingerprint density at radius 3 is 2.48 bits per heavy atom. The fraction of sp³-hybridized carbons (Fsp3) is 0.316. The van der Waals surface area contributed by atoms with Gasteiger partial charge in [0.2, 0.25) is 0 Å². The molecule has 6 heteroatoms. The number of ether oxygens (including phenoxy) is 2. The van der Waals surface area contributed by atoms with Gasteiger partial charge in [-0.05, 0) is 49.4 Å². The van der Waals surface area contributed by atoms with Crippen LogP contribution in [-0.4, -0.2) is 19.1 Å². The highest BCUT2D eigenvalue weighted by Crippen LogP contribution is 2.39. The van der Waals surface area contributed by atoms with Gasteiger partial charge in [-0.1, -0.05) is 35.3 Å². The van der Waals surface area contributed by atoms with Crippen molar-refractivity contribution in [3.63, 3.8) is 0 Å². The molecule has 0 heterocycles. The van der Waals surface area contributed by atoms with Crippen molar-refractivity contribution in [3.05, 3.63) is 45.9 Å². The molecule has 0 unspecified atom stereocenters. The van der Waals surface area contributed by atoms with E-state index in [0.29, 0.717) is 17.1 Å².